The van der Waals surface area contributed by atoms with Crippen molar-refractivity contribution in [3.05, 3.63) is 57.6 Å². The van der Waals surface area contributed by atoms with Gasteiger partial charge in [0.05, 0.1) is 22.2 Å². The normalized spacial score (nSPS) is 14.9. The minimum absolute atomic E-state index is 0.0130. The number of nitrogens with one attached hydrogen (secondary N) is 2. The number of likely N-dealkylation sites (tertiary alicyclic amines) is 1. The molecule has 1 fully saturated rings. The van der Waals surface area contributed by atoms with Crippen molar-refractivity contribution in [2.75, 3.05) is 32.5 Å². The quantitative estimate of drug-likeness (QED) is 0.362. The molecule has 3 rings (SSSR count). The number of aliphatic carboxylic acids is 1. The Bertz CT molecular complexity index is 1070. The molecule has 1 aliphatic heterocycles. The SMILES string of the molecule is CP(CCc1cc(Cl)c(C(=O)NC(CNC(=O)N2CCCC2)C(=O)O)c(Cl)c1)c1cccc(O)c1. The van der Waals surface area contributed by atoms with Gasteiger partial charge in [0, 0.05) is 13.1 Å². The Hall–Kier alpha value is -2.54. The molecule has 2 atom stereocenters. The molecule has 0 bridgehead atoms. The highest BCUT2D eigenvalue weighted by atomic mass is 35.5. The van der Waals surface area contributed by atoms with Crippen LogP contribution in [0.25, 0.3) is 0 Å². The lowest BCUT2D eigenvalue weighted by atomic mass is 10.1. The largest absolute Gasteiger partial charge is 0.508 e. The summed E-state index contributed by atoms with van der Waals surface area (Å²) >= 11 is 12.7. The molecule has 1 saturated heterocycles. The molecule has 2 aromatic rings. The number of benzene rings is 2. The number of halogens is 2. The molecule has 0 radical (unpaired) electrons. The van der Waals surface area contributed by atoms with Crippen LogP contribution in [0.3, 0.4) is 0 Å². The monoisotopic (exact) mass is 539 g/mol. The molecule has 2 aromatic carbocycles. The molecule has 35 heavy (non-hydrogen) atoms. The van der Waals surface area contributed by atoms with E-state index in [4.69, 9.17) is 23.2 Å². The molecule has 11 heteroatoms. The van der Waals surface area contributed by atoms with Crippen LogP contribution < -0.4 is 15.9 Å². The average molecular weight is 540 g/mol. The molecule has 1 aliphatic rings. The van der Waals surface area contributed by atoms with Crippen LogP contribution in [0, 0.1) is 0 Å². The van der Waals surface area contributed by atoms with Gasteiger partial charge in [-0.3, -0.25) is 4.79 Å². The number of urea groups is 1. The molecule has 8 nitrogen and oxygen atoms in total. The first-order chi connectivity index (χ1) is 16.7. The third kappa shape index (κ3) is 7.47. The topological polar surface area (TPSA) is 119 Å². The van der Waals surface area contributed by atoms with Crippen molar-refractivity contribution in [3.8, 4) is 5.75 Å². The molecule has 2 unspecified atom stereocenters. The number of aryl methyl sites for hydroxylation is 1. The van der Waals surface area contributed by atoms with Gasteiger partial charge in [0.25, 0.3) is 5.91 Å². The van der Waals surface area contributed by atoms with Gasteiger partial charge in [-0.1, -0.05) is 43.3 Å². The number of carboxylic acid groups (broad SMARTS) is 1. The maximum Gasteiger partial charge on any atom is 0.328 e. The van der Waals surface area contributed by atoms with Gasteiger partial charge < -0.3 is 25.7 Å². The van der Waals surface area contributed by atoms with E-state index in [1.54, 1.807) is 29.2 Å². The maximum absolute atomic E-state index is 12.8. The summed E-state index contributed by atoms with van der Waals surface area (Å²) in [5.41, 5.74) is 0.833. The average Bonchev–Trinajstić information content (AvgIpc) is 3.34. The van der Waals surface area contributed by atoms with E-state index < -0.39 is 25.8 Å². The molecule has 1 heterocycles. The van der Waals surface area contributed by atoms with Gasteiger partial charge in [-0.2, -0.15) is 0 Å². The summed E-state index contributed by atoms with van der Waals surface area (Å²) in [6.07, 6.45) is 3.32. The van der Waals surface area contributed by atoms with Gasteiger partial charge >= 0.3 is 12.0 Å². The number of amides is 3. The minimum atomic E-state index is -1.34. The van der Waals surface area contributed by atoms with Crippen LogP contribution in [0.1, 0.15) is 28.8 Å². The number of nitrogens with zero attached hydrogens (tertiary/aromatic N) is 1. The fourth-order valence-corrected chi connectivity index (χ4v) is 6.04. The lowest BCUT2D eigenvalue weighted by Crippen LogP contribution is -2.50. The first-order valence-corrected chi connectivity index (χ1v) is 13.9. The van der Waals surface area contributed by atoms with Gasteiger partial charge in [-0.15, -0.1) is 0 Å². The first-order valence-electron chi connectivity index (χ1n) is 11.2. The van der Waals surface area contributed by atoms with Gasteiger partial charge in [0.2, 0.25) is 0 Å². The van der Waals surface area contributed by atoms with Crippen molar-refractivity contribution in [2.24, 2.45) is 0 Å². The second kappa shape index (κ2) is 12.4. The van der Waals surface area contributed by atoms with Crippen molar-refractivity contribution in [1.82, 2.24) is 15.5 Å². The Balaban J connectivity index is 1.62. The number of hydrogen-bond acceptors (Lipinski definition) is 4. The van der Waals surface area contributed by atoms with Crippen LogP contribution in [-0.4, -0.2) is 71.5 Å². The Morgan fingerprint density at radius 1 is 1.11 bits per heavy atom. The van der Waals surface area contributed by atoms with Crippen LogP contribution >= 0.6 is 31.1 Å². The number of rotatable bonds is 9. The number of carboxylic acids is 1. The van der Waals surface area contributed by atoms with E-state index in [9.17, 15) is 24.6 Å². The van der Waals surface area contributed by atoms with E-state index in [1.807, 2.05) is 12.1 Å². The van der Waals surface area contributed by atoms with E-state index in [0.717, 1.165) is 29.9 Å². The zero-order valence-electron chi connectivity index (χ0n) is 19.3. The smallest absolute Gasteiger partial charge is 0.328 e. The second-order valence-electron chi connectivity index (χ2n) is 8.37. The van der Waals surface area contributed by atoms with E-state index in [2.05, 4.69) is 17.3 Å². The first kappa shape index (κ1) is 27.1. The van der Waals surface area contributed by atoms with Crippen molar-refractivity contribution >= 4 is 54.3 Å². The number of phenols is 1. The fourth-order valence-electron chi connectivity index (χ4n) is 3.80. The van der Waals surface area contributed by atoms with Gasteiger partial charge in [-0.25, -0.2) is 9.59 Å². The summed E-state index contributed by atoms with van der Waals surface area (Å²) < 4.78 is 0. The summed E-state index contributed by atoms with van der Waals surface area (Å²) in [6.45, 7) is 3.10. The Labute approximate surface area is 215 Å². The zero-order chi connectivity index (χ0) is 25.5. The van der Waals surface area contributed by atoms with Crippen molar-refractivity contribution in [1.29, 1.82) is 0 Å². The predicted molar refractivity (Wildman–Crippen MR) is 139 cm³/mol. The van der Waals surface area contributed by atoms with E-state index in [1.165, 1.54) is 0 Å². The molecule has 0 saturated carbocycles. The van der Waals surface area contributed by atoms with E-state index in [-0.39, 0.29) is 33.9 Å². The molecule has 188 valence electrons. The Morgan fingerprint density at radius 2 is 1.77 bits per heavy atom. The molecular formula is C24H28Cl2N3O5P. The number of phenolic OH excluding ortho intramolecular Hbond substituents is 1. The lowest BCUT2D eigenvalue weighted by molar-refractivity contribution is -0.139. The third-order valence-corrected chi connectivity index (χ3v) is 8.44. The third-order valence-electron chi connectivity index (χ3n) is 5.79. The summed E-state index contributed by atoms with van der Waals surface area (Å²) in [7, 11) is -0.516. The van der Waals surface area contributed by atoms with Gasteiger partial charge in [0.1, 0.15) is 11.8 Å². The number of carbonyl (C=O) groups is 3. The number of aromatic hydroxyl groups is 1. The Kier molecular flexibility index (Phi) is 9.61. The molecule has 0 aromatic heterocycles. The highest BCUT2D eigenvalue weighted by Crippen LogP contribution is 2.33. The summed E-state index contributed by atoms with van der Waals surface area (Å²) in [5.74, 6) is -1.78. The van der Waals surface area contributed by atoms with Gasteiger partial charge in [0.15, 0.2) is 0 Å². The van der Waals surface area contributed by atoms with Crippen LogP contribution in [0.2, 0.25) is 10.0 Å². The second-order valence-corrected chi connectivity index (χ2v) is 11.5. The standard InChI is InChI=1S/C24H28Cl2N3O5P/c1-35(17-6-4-5-16(30)13-17)10-7-15-11-18(25)21(19(26)12-15)22(31)28-20(23(32)33)14-27-24(34)29-8-2-3-9-29/h4-6,11-13,20,30H,2-3,7-10,14H2,1H3,(H,27,34)(H,28,31)(H,32,33). The molecule has 0 spiro atoms. The van der Waals surface area contributed by atoms with Crippen LogP contribution in [-0.2, 0) is 11.2 Å². The zero-order valence-corrected chi connectivity index (χ0v) is 21.7. The van der Waals surface area contributed by atoms with E-state index in [0.29, 0.717) is 19.5 Å². The number of carbonyl (C=O) groups excluding carboxylic acids is 2. The molecule has 4 N–H and O–H groups in total. The minimum Gasteiger partial charge on any atom is -0.508 e. The highest BCUT2D eigenvalue weighted by Gasteiger charge is 2.26. The van der Waals surface area contributed by atoms with Gasteiger partial charge in [-0.05, 0) is 67.2 Å². The van der Waals surface area contributed by atoms with Crippen LogP contribution in [0.15, 0.2) is 36.4 Å². The Morgan fingerprint density at radius 3 is 2.37 bits per heavy atom. The lowest BCUT2D eigenvalue weighted by Gasteiger charge is -2.20. The molecule has 0 aliphatic carbocycles. The summed E-state index contributed by atoms with van der Waals surface area (Å²) in [5, 5.41) is 25.5. The highest BCUT2D eigenvalue weighted by molar-refractivity contribution is 7.64. The van der Waals surface area contributed by atoms with E-state index >= 15 is 0 Å². The van der Waals surface area contributed by atoms with Crippen LogP contribution in [0.4, 0.5) is 4.79 Å². The molecular weight excluding hydrogens is 512 g/mol. The fraction of sp³-hybridized carbons (Fsp3) is 0.375. The van der Waals surface area contributed by atoms with Crippen molar-refractivity contribution in [2.45, 2.75) is 25.3 Å². The molecule has 3 amide bonds. The van der Waals surface area contributed by atoms with Crippen LogP contribution in [0.5, 0.6) is 5.75 Å². The maximum atomic E-state index is 12.8. The summed E-state index contributed by atoms with van der Waals surface area (Å²) in [6, 6.07) is 8.78. The van der Waals surface area contributed by atoms with Crippen molar-refractivity contribution < 1.29 is 24.6 Å². The number of hydrogen-bond donors (Lipinski definition) is 4. The van der Waals surface area contributed by atoms with Crippen molar-refractivity contribution in [3.63, 3.8) is 0 Å². The predicted octanol–water partition coefficient (Wildman–Crippen LogP) is 3.67. The summed E-state index contributed by atoms with van der Waals surface area (Å²) in [4.78, 5) is 38.2.